The van der Waals surface area contributed by atoms with Crippen molar-refractivity contribution in [3.63, 3.8) is 0 Å². The van der Waals surface area contributed by atoms with E-state index >= 15 is 0 Å². The summed E-state index contributed by atoms with van der Waals surface area (Å²) in [5, 5.41) is 3.09. The number of aryl methyl sites for hydroxylation is 2. The molecule has 0 bridgehead atoms. The van der Waals surface area contributed by atoms with Gasteiger partial charge in [-0.25, -0.2) is 0 Å². The van der Waals surface area contributed by atoms with Gasteiger partial charge in [0.1, 0.15) is 5.75 Å². The van der Waals surface area contributed by atoms with Gasteiger partial charge in [-0.15, -0.1) is 0 Å². The zero-order chi connectivity index (χ0) is 18.2. The first-order chi connectivity index (χ1) is 12.0. The molecule has 1 amide bonds. The summed E-state index contributed by atoms with van der Waals surface area (Å²) >= 11 is 0. The van der Waals surface area contributed by atoms with Gasteiger partial charge in [0.25, 0.3) is 5.91 Å². The topological polar surface area (TPSA) is 38.3 Å². The molecule has 0 heterocycles. The molecule has 25 heavy (non-hydrogen) atoms. The van der Waals surface area contributed by atoms with Crippen LogP contribution in [0.1, 0.15) is 43.4 Å². The first-order valence-electron chi connectivity index (χ1n) is 9.08. The molecule has 2 aromatic carbocycles. The maximum Gasteiger partial charge on any atom is 0.261 e. The van der Waals surface area contributed by atoms with Crippen LogP contribution >= 0.6 is 0 Å². The Labute approximate surface area is 151 Å². The molecule has 1 N–H and O–H groups in total. The normalized spacial score (nSPS) is 13.1. The summed E-state index contributed by atoms with van der Waals surface area (Å²) in [6, 6.07) is 16.4. The number of benzene rings is 2. The van der Waals surface area contributed by atoms with Crippen LogP contribution in [0, 0.1) is 13.8 Å². The molecule has 3 nitrogen and oxygen atoms in total. The number of amides is 1. The fourth-order valence-electron chi connectivity index (χ4n) is 2.76. The summed E-state index contributed by atoms with van der Waals surface area (Å²) in [4.78, 5) is 12.6. The molecule has 0 aromatic heterocycles. The predicted molar refractivity (Wildman–Crippen MR) is 103 cm³/mol. The smallest absolute Gasteiger partial charge is 0.261 e. The number of carbonyl (C=O) groups excluding carboxylic acids is 1. The lowest BCUT2D eigenvalue weighted by Gasteiger charge is -2.22. The number of nitrogens with one attached hydrogen (secondary N) is 1. The molecule has 0 aliphatic carbocycles. The highest BCUT2D eigenvalue weighted by molar-refractivity contribution is 5.81. The van der Waals surface area contributed by atoms with E-state index in [1.54, 1.807) is 0 Å². The van der Waals surface area contributed by atoms with Gasteiger partial charge < -0.3 is 10.1 Å². The van der Waals surface area contributed by atoms with Gasteiger partial charge in [0.15, 0.2) is 6.10 Å². The van der Waals surface area contributed by atoms with Crippen LogP contribution in [-0.4, -0.2) is 18.1 Å². The van der Waals surface area contributed by atoms with E-state index in [-0.39, 0.29) is 11.9 Å². The predicted octanol–water partition coefficient (Wildman–Crippen LogP) is 4.60. The average molecular weight is 339 g/mol. The Kier molecular flexibility index (Phi) is 7.05. The lowest BCUT2D eigenvalue weighted by Crippen LogP contribution is -2.42. The van der Waals surface area contributed by atoms with Gasteiger partial charge in [0, 0.05) is 6.04 Å². The van der Waals surface area contributed by atoms with Crippen molar-refractivity contribution in [2.45, 2.75) is 59.1 Å². The summed E-state index contributed by atoms with van der Waals surface area (Å²) in [7, 11) is 0. The quantitative estimate of drug-likeness (QED) is 0.763. The standard InChI is InChI=1S/C22H29NO2/c1-5-20(25-21-13-9-10-16(2)18(21)4)22(24)23-17(3)14-15-19-11-7-6-8-12-19/h6-13,17,20H,5,14-15H2,1-4H3,(H,23,24)/t17-,20+/m0/s1. The number of hydrogen-bond donors (Lipinski definition) is 1. The molecule has 0 spiro atoms. The van der Waals surface area contributed by atoms with Crippen LogP contribution in [0.15, 0.2) is 48.5 Å². The van der Waals surface area contributed by atoms with E-state index in [1.165, 1.54) is 11.1 Å². The number of rotatable bonds is 8. The third-order valence-electron chi connectivity index (χ3n) is 4.58. The SMILES string of the molecule is CC[C@@H](Oc1cccc(C)c1C)C(=O)N[C@@H](C)CCc1ccccc1. The van der Waals surface area contributed by atoms with E-state index in [0.29, 0.717) is 6.42 Å². The maximum atomic E-state index is 12.6. The summed E-state index contributed by atoms with van der Waals surface area (Å²) in [5.41, 5.74) is 3.55. The first-order valence-corrected chi connectivity index (χ1v) is 9.08. The minimum atomic E-state index is -0.459. The van der Waals surface area contributed by atoms with E-state index in [1.807, 2.05) is 51.1 Å². The van der Waals surface area contributed by atoms with E-state index in [9.17, 15) is 4.79 Å². The molecule has 2 atom stereocenters. The van der Waals surface area contributed by atoms with Crippen LogP contribution in [0.4, 0.5) is 0 Å². The molecule has 0 saturated carbocycles. The van der Waals surface area contributed by atoms with E-state index in [4.69, 9.17) is 4.74 Å². The molecule has 0 radical (unpaired) electrons. The van der Waals surface area contributed by atoms with Crippen molar-refractivity contribution in [3.05, 3.63) is 65.2 Å². The fourth-order valence-corrected chi connectivity index (χ4v) is 2.76. The minimum Gasteiger partial charge on any atom is -0.480 e. The largest absolute Gasteiger partial charge is 0.480 e. The Bertz CT molecular complexity index is 682. The molecule has 0 aliphatic heterocycles. The average Bonchev–Trinajstić information content (AvgIpc) is 2.62. The van der Waals surface area contributed by atoms with Crippen LogP contribution < -0.4 is 10.1 Å². The third-order valence-corrected chi connectivity index (χ3v) is 4.58. The molecule has 134 valence electrons. The van der Waals surface area contributed by atoms with Crippen LogP contribution in [0.5, 0.6) is 5.75 Å². The molecule has 0 fully saturated rings. The Morgan fingerprint density at radius 3 is 2.48 bits per heavy atom. The maximum absolute atomic E-state index is 12.6. The fraction of sp³-hybridized carbons (Fsp3) is 0.409. The molecule has 0 aliphatic rings. The van der Waals surface area contributed by atoms with E-state index < -0.39 is 6.10 Å². The van der Waals surface area contributed by atoms with Crippen LogP contribution in [0.3, 0.4) is 0 Å². The van der Waals surface area contributed by atoms with Gasteiger partial charge in [-0.1, -0.05) is 49.4 Å². The second-order valence-corrected chi connectivity index (χ2v) is 6.65. The van der Waals surface area contributed by atoms with Gasteiger partial charge in [-0.2, -0.15) is 0 Å². The van der Waals surface area contributed by atoms with Crippen LogP contribution in [0.25, 0.3) is 0 Å². The number of ether oxygens (including phenoxy) is 1. The van der Waals surface area contributed by atoms with Crippen molar-refractivity contribution in [1.29, 1.82) is 0 Å². The van der Waals surface area contributed by atoms with Crippen molar-refractivity contribution in [1.82, 2.24) is 5.32 Å². The number of hydrogen-bond acceptors (Lipinski definition) is 2. The van der Waals surface area contributed by atoms with Gasteiger partial charge in [0.2, 0.25) is 0 Å². The Hall–Kier alpha value is -2.29. The van der Waals surface area contributed by atoms with Crippen LogP contribution in [0.2, 0.25) is 0 Å². The molecule has 2 rings (SSSR count). The minimum absolute atomic E-state index is 0.0380. The molecule has 2 aromatic rings. The van der Waals surface area contributed by atoms with Gasteiger partial charge >= 0.3 is 0 Å². The lowest BCUT2D eigenvalue weighted by atomic mass is 10.1. The third kappa shape index (κ3) is 5.63. The Morgan fingerprint density at radius 2 is 1.80 bits per heavy atom. The molecular formula is C22H29NO2. The zero-order valence-electron chi connectivity index (χ0n) is 15.7. The summed E-state index contributed by atoms with van der Waals surface area (Å²) in [6.45, 7) is 8.10. The number of carbonyl (C=O) groups is 1. The molecule has 3 heteroatoms. The second kappa shape index (κ2) is 9.26. The Balaban J connectivity index is 1.89. The van der Waals surface area contributed by atoms with Crippen molar-refractivity contribution < 1.29 is 9.53 Å². The van der Waals surface area contributed by atoms with Gasteiger partial charge in [-0.3, -0.25) is 4.79 Å². The van der Waals surface area contributed by atoms with Crippen LogP contribution in [-0.2, 0) is 11.2 Å². The highest BCUT2D eigenvalue weighted by Crippen LogP contribution is 2.22. The Morgan fingerprint density at radius 1 is 1.08 bits per heavy atom. The molecular weight excluding hydrogens is 310 g/mol. The monoisotopic (exact) mass is 339 g/mol. The van der Waals surface area contributed by atoms with Crippen molar-refractivity contribution in [2.75, 3.05) is 0 Å². The van der Waals surface area contributed by atoms with Gasteiger partial charge in [0.05, 0.1) is 0 Å². The van der Waals surface area contributed by atoms with E-state index in [0.717, 1.165) is 24.2 Å². The lowest BCUT2D eigenvalue weighted by molar-refractivity contribution is -0.128. The molecule has 0 saturated heterocycles. The van der Waals surface area contributed by atoms with Crippen molar-refractivity contribution >= 4 is 5.91 Å². The highest BCUT2D eigenvalue weighted by atomic mass is 16.5. The summed E-state index contributed by atoms with van der Waals surface area (Å²) < 4.78 is 5.99. The summed E-state index contributed by atoms with van der Waals surface area (Å²) in [5.74, 6) is 0.753. The first kappa shape index (κ1) is 19.0. The second-order valence-electron chi connectivity index (χ2n) is 6.65. The zero-order valence-corrected chi connectivity index (χ0v) is 15.7. The highest BCUT2D eigenvalue weighted by Gasteiger charge is 2.21. The van der Waals surface area contributed by atoms with Crippen molar-refractivity contribution in [2.24, 2.45) is 0 Å². The summed E-state index contributed by atoms with van der Waals surface area (Å²) in [6.07, 6.45) is 2.05. The van der Waals surface area contributed by atoms with Gasteiger partial charge in [-0.05, 0) is 62.8 Å². The van der Waals surface area contributed by atoms with Crippen molar-refractivity contribution in [3.8, 4) is 5.75 Å². The molecule has 0 unspecified atom stereocenters. The van der Waals surface area contributed by atoms with E-state index in [2.05, 4.69) is 30.4 Å².